The average Bonchev–Trinajstić information content (AvgIpc) is 2.88. The van der Waals surface area contributed by atoms with Crippen molar-refractivity contribution in [3.8, 4) is 0 Å². The minimum Gasteiger partial charge on any atom is -0.262 e. The number of nitrogens with zero attached hydrogens (tertiary/aromatic N) is 2. The zero-order valence-corrected chi connectivity index (χ0v) is 15.0. The molecule has 0 aliphatic rings. The van der Waals surface area contributed by atoms with E-state index in [1.165, 1.54) is 23.9 Å². The first-order valence-corrected chi connectivity index (χ1v) is 9.74. The van der Waals surface area contributed by atoms with E-state index < -0.39 is 9.84 Å². The molecule has 2 aromatic rings. The third-order valence-electron chi connectivity index (χ3n) is 2.93. The lowest BCUT2D eigenvalue weighted by Gasteiger charge is -2.12. The Kier molecular flexibility index (Phi) is 5.19. The van der Waals surface area contributed by atoms with Crippen LogP contribution in [0, 0.1) is 0 Å². The summed E-state index contributed by atoms with van der Waals surface area (Å²) in [5.74, 6) is 1.21. The molecular formula is C14H18ClN3O2S2. The molecule has 0 spiro atoms. The molecule has 0 amide bonds. The zero-order chi connectivity index (χ0) is 16.4. The van der Waals surface area contributed by atoms with E-state index in [2.05, 4.69) is 15.2 Å². The van der Waals surface area contributed by atoms with Crippen LogP contribution < -0.4 is 0 Å². The summed E-state index contributed by atoms with van der Waals surface area (Å²) in [6, 6.07) is 6.19. The maximum atomic E-state index is 12.2. The minimum atomic E-state index is -3.31. The fourth-order valence-corrected chi connectivity index (χ4v) is 4.22. The number of aromatic amines is 1. The van der Waals surface area contributed by atoms with Crippen LogP contribution in [0.3, 0.4) is 0 Å². The molecule has 1 heterocycles. The fraction of sp³-hybridized carbons (Fsp3) is 0.429. The van der Waals surface area contributed by atoms with Gasteiger partial charge in [-0.05, 0) is 24.3 Å². The zero-order valence-electron chi connectivity index (χ0n) is 12.6. The lowest BCUT2D eigenvalue weighted by atomic mass is 9.96. The van der Waals surface area contributed by atoms with Crippen LogP contribution in [-0.4, -0.2) is 35.1 Å². The number of benzene rings is 1. The van der Waals surface area contributed by atoms with Gasteiger partial charge >= 0.3 is 0 Å². The van der Waals surface area contributed by atoms with E-state index in [1.807, 2.05) is 20.8 Å². The number of nitrogens with one attached hydrogen (secondary N) is 1. The average molecular weight is 360 g/mol. The predicted octanol–water partition coefficient (Wildman–Crippen LogP) is 3.32. The van der Waals surface area contributed by atoms with Gasteiger partial charge in [0.25, 0.3) is 0 Å². The molecule has 0 aliphatic heterocycles. The van der Waals surface area contributed by atoms with E-state index >= 15 is 0 Å². The number of sulfone groups is 1. The van der Waals surface area contributed by atoms with Crippen LogP contribution in [0.1, 0.15) is 26.6 Å². The summed E-state index contributed by atoms with van der Waals surface area (Å²) in [5, 5.41) is 8.07. The second kappa shape index (κ2) is 6.60. The van der Waals surface area contributed by atoms with E-state index in [4.69, 9.17) is 11.6 Å². The molecule has 8 heteroatoms. The second-order valence-corrected chi connectivity index (χ2v) is 9.45. The van der Waals surface area contributed by atoms with E-state index in [0.29, 0.717) is 15.9 Å². The van der Waals surface area contributed by atoms with Gasteiger partial charge in [0.15, 0.2) is 9.84 Å². The van der Waals surface area contributed by atoms with Gasteiger partial charge in [-0.25, -0.2) is 13.4 Å². The van der Waals surface area contributed by atoms with Gasteiger partial charge in [0, 0.05) is 16.2 Å². The summed E-state index contributed by atoms with van der Waals surface area (Å²) in [7, 11) is -3.31. The number of thioether (sulfide) groups is 1. The molecule has 1 aromatic heterocycles. The Balaban J connectivity index is 1.95. The lowest BCUT2D eigenvalue weighted by molar-refractivity contribution is 0.547. The molecule has 120 valence electrons. The molecule has 0 fully saturated rings. The van der Waals surface area contributed by atoms with Crippen molar-refractivity contribution in [3.05, 3.63) is 35.1 Å². The highest BCUT2D eigenvalue weighted by Crippen LogP contribution is 2.22. The largest absolute Gasteiger partial charge is 0.262 e. The van der Waals surface area contributed by atoms with Gasteiger partial charge in [0.05, 0.1) is 10.6 Å². The standard InChI is InChI=1S/C14H18ClN3O2S2/c1-14(2,3)12-16-13(18-17-12)21-8-9-22(19,20)11-6-4-10(15)5-7-11/h4-7H,8-9H2,1-3H3,(H,16,17,18). The van der Waals surface area contributed by atoms with Crippen molar-refractivity contribution in [3.63, 3.8) is 0 Å². The van der Waals surface area contributed by atoms with Gasteiger partial charge in [0.1, 0.15) is 5.82 Å². The first-order chi connectivity index (χ1) is 10.2. The SMILES string of the molecule is CC(C)(C)c1nc(SCCS(=O)(=O)c2ccc(Cl)cc2)n[nH]1. The van der Waals surface area contributed by atoms with Crippen LogP contribution >= 0.6 is 23.4 Å². The molecule has 0 atom stereocenters. The molecule has 0 aliphatic carbocycles. The summed E-state index contributed by atoms with van der Waals surface area (Å²) in [6.07, 6.45) is 0. The van der Waals surface area contributed by atoms with Crippen LogP contribution in [0.5, 0.6) is 0 Å². The number of halogens is 1. The van der Waals surface area contributed by atoms with Crippen molar-refractivity contribution in [2.75, 3.05) is 11.5 Å². The molecular weight excluding hydrogens is 342 g/mol. The van der Waals surface area contributed by atoms with Crippen LogP contribution in [0.2, 0.25) is 5.02 Å². The molecule has 1 N–H and O–H groups in total. The number of H-pyrrole nitrogens is 1. The Labute approximate surface area is 139 Å². The Morgan fingerprint density at radius 3 is 2.41 bits per heavy atom. The van der Waals surface area contributed by atoms with E-state index in [-0.39, 0.29) is 16.1 Å². The number of hydrogen-bond acceptors (Lipinski definition) is 5. The van der Waals surface area contributed by atoms with Gasteiger partial charge in [-0.15, -0.1) is 5.10 Å². The predicted molar refractivity (Wildman–Crippen MR) is 89.3 cm³/mol. The van der Waals surface area contributed by atoms with Crippen molar-refractivity contribution in [1.29, 1.82) is 0 Å². The van der Waals surface area contributed by atoms with Gasteiger partial charge in [-0.3, -0.25) is 5.10 Å². The number of rotatable bonds is 5. The molecule has 22 heavy (non-hydrogen) atoms. The molecule has 0 radical (unpaired) electrons. The molecule has 0 saturated heterocycles. The molecule has 1 aromatic carbocycles. The highest BCUT2D eigenvalue weighted by Gasteiger charge is 2.19. The van der Waals surface area contributed by atoms with Gasteiger partial charge in [-0.2, -0.15) is 0 Å². The topological polar surface area (TPSA) is 75.7 Å². The number of aromatic nitrogens is 3. The van der Waals surface area contributed by atoms with E-state index in [1.54, 1.807) is 12.1 Å². The molecule has 2 rings (SSSR count). The summed E-state index contributed by atoms with van der Waals surface area (Å²) in [6.45, 7) is 6.10. The van der Waals surface area contributed by atoms with Crippen LogP contribution in [-0.2, 0) is 15.3 Å². The Morgan fingerprint density at radius 1 is 1.23 bits per heavy atom. The van der Waals surface area contributed by atoms with E-state index in [9.17, 15) is 8.42 Å². The van der Waals surface area contributed by atoms with Crippen LogP contribution in [0.25, 0.3) is 0 Å². The number of hydrogen-bond donors (Lipinski definition) is 1. The Morgan fingerprint density at radius 2 is 1.86 bits per heavy atom. The fourth-order valence-electron chi connectivity index (χ4n) is 1.65. The molecule has 0 saturated carbocycles. The van der Waals surface area contributed by atoms with Gasteiger partial charge < -0.3 is 0 Å². The smallest absolute Gasteiger partial charge is 0.208 e. The first-order valence-electron chi connectivity index (χ1n) is 6.72. The van der Waals surface area contributed by atoms with Crippen molar-refractivity contribution in [1.82, 2.24) is 15.2 Å². The second-order valence-electron chi connectivity index (χ2n) is 5.84. The highest BCUT2D eigenvalue weighted by atomic mass is 35.5. The molecule has 0 bridgehead atoms. The van der Waals surface area contributed by atoms with Gasteiger partial charge in [0.2, 0.25) is 5.16 Å². The monoisotopic (exact) mass is 359 g/mol. The van der Waals surface area contributed by atoms with Crippen molar-refractivity contribution < 1.29 is 8.42 Å². The third kappa shape index (κ3) is 4.47. The summed E-state index contributed by atoms with van der Waals surface area (Å²) in [5.41, 5.74) is -0.110. The minimum absolute atomic E-state index is 0.0265. The Hall–Kier alpha value is -1.05. The van der Waals surface area contributed by atoms with Crippen molar-refractivity contribution in [2.24, 2.45) is 0 Å². The molecule has 0 unspecified atom stereocenters. The quantitative estimate of drug-likeness (QED) is 0.829. The van der Waals surface area contributed by atoms with Crippen molar-refractivity contribution in [2.45, 2.75) is 36.2 Å². The Bertz CT molecular complexity index is 734. The van der Waals surface area contributed by atoms with Crippen LogP contribution in [0.15, 0.2) is 34.3 Å². The first kappa shape index (κ1) is 17.3. The third-order valence-corrected chi connectivity index (χ3v) is 6.02. The van der Waals surface area contributed by atoms with Crippen molar-refractivity contribution >= 4 is 33.2 Å². The molecule has 5 nitrogen and oxygen atoms in total. The maximum absolute atomic E-state index is 12.2. The summed E-state index contributed by atoms with van der Waals surface area (Å²) in [4.78, 5) is 4.65. The maximum Gasteiger partial charge on any atom is 0.208 e. The van der Waals surface area contributed by atoms with Crippen LogP contribution in [0.4, 0.5) is 0 Å². The highest BCUT2D eigenvalue weighted by molar-refractivity contribution is 8.00. The lowest BCUT2D eigenvalue weighted by Crippen LogP contribution is -2.13. The normalized spacial score (nSPS) is 12.5. The summed E-state index contributed by atoms with van der Waals surface area (Å²) < 4.78 is 24.4. The summed E-state index contributed by atoms with van der Waals surface area (Å²) >= 11 is 7.09. The van der Waals surface area contributed by atoms with E-state index in [0.717, 1.165) is 5.82 Å². The van der Waals surface area contributed by atoms with Gasteiger partial charge in [-0.1, -0.05) is 44.1 Å².